The van der Waals surface area contributed by atoms with Gasteiger partial charge >= 0.3 is 0 Å². The lowest BCUT2D eigenvalue weighted by atomic mass is 10.1. The third-order valence-corrected chi connectivity index (χ3v) is 3.66. The maximum absolute atomic E-state index is 11.9. The molecule has 0 atom stereocenters. The minimum atomic E-state index is -0.135. The van der Waals surface area contributed by atoms with Crippen LogP contribution in [0.3, 0.4) is 0 Å². The summed E-state index contributed by atoms with van der Waals surface area (Å²) in [6.45, 7) is 3.31. The molecule has 2 aromatic rings. The van der Waals surface area contributed by atoms with E-state index >= 15 is 0 Å². The third-order valence-electron chi connectivity index (χ3n) is 3.66. The fourth-order valence-corrected chi connectivity index (χ4v) is 2.27. The molecule has 0 spiro atoms. The smallest absolute Gasteiger partial charge is 0.268 e. The molecule has 1 aliphatic carbocycles. The van der Waals surface area contributed by atoms with E-state index in [0.717, 1.165) is 23.4 Å². The van der Waals surface area contributed by atoms with Crippen LogP contribution in [-0.4, -0.2) is 22.8 Å². The molecule has 1 aliphatic rings. The molecule has 0 bridgehead atoms. The summed E-state index contributed by atoms with van der Waals surface area (Å²) in [4.78, 5) is 11.9. The standard InChI is InChI=1S/C17H21N3O2/c1-2-9-22-16-6-4-3-5-14(16)15-10-12(17(21)20-19-15)11-18-13-7-8-13/h3-6,10,13,18H,2,7-9,11H2,1H3,(H,20,21). The van der Waals surface area contributed by atoms with Crippen LogP contribution in [0.2, 0.25) is 0 Å². The van der Waals surface area contributed by atoms with Crippen molar-refractivity contribution < 1.29 is 4.74 Å². The van der Waals surface area contributed by atoms with Crippen LogP contribution in [0.4, 0.5) is 0 Å². The zero-order valence-electron chi connectivity index (χ0n) is 12.8. The van der Waals surface area contributed by atoms with Crippen LogP contribution in [0.1, 0.15) is 31.7 Å². The molecule has 1 fully saturated rings. The maximum Gasteiger partial charge on any atom is 0.268 e. The van der Waals surface area contributed by atoms with Crippen LogP contribution >= 0.6 is 0 Å². The molecule has 116 valence electrons. The molecule has 1 aromatic carbocycles. The Balaban J connectivity index is 1.87. The lowest BCUT2D eigenvalue weighted by Crippen LogP contribution is -2.23. The van der Waals surface area contributed by atoms with Gasteiger partial charge in [-0.05, 0) is 37.5 Å². The van der Waals surface area contributed by atoms with Crippen LogP contribution < -0.4 is 15.6 Å². The summed E-state index contributed by atoms with van der Waals surface area (Å²) in [5, 5.41) is 10.1. The Kier molecular flexibility index (Phi) is 4.53. The lowest BCUT2D eigenvalue weighted by molar-refractivity contribution is 0.318. The van der Waals surface area contributed by atoms with Crippen molar-refractivity contribution >= 4 is 0 Å². The van der Waals surface area contributed by atoms with E-state index in [1.165, 1.54) is 12.8 Å². The SMILES string of the molecule is CCCOc1ccccc1-c1cc(CNC2CC2)c(=O)[nH]n1. The van der Waals surface area contributed by atoms with Crippen molar-refractivity contribution in [3.63, 3.8) is 0 Å². The second-order valence-electron chi connectivity index (χ2n) is 5.61. The van der Waals surface area contributed by atoms with Gasteiger partial charge < -0.3 is 10.1 Å². The average molecular weight is 299 g/mol. The Morgan fingerprint density at radius 3 is 2.95 bits per heavy atom. The predicted molar refractivity (Wildman–Crippen MR) is 85.9 cm³/mol. The van der Waals surface area contributed by atoms with Crippen molar-refractivity contribution in [2.75, 3.05) is 6.61 Å². The van der Waals surface area contributed by atoms with Gasteiger partial charge in [0.05, 0.1) is 12.3 Å². The third kappa shape index (κ3) is 3.54. The van der Waals surface area contributed by atoms with Crippen molar-refractivity contribution in [3.8, 4) is 17.0 Å². The number of H-pyrrole nitrogens is 1. The van der Waals surface area contributed by atoms with Gasteiger partial charge in [0.15, 0.2) is 0 Å². The van der Waals surface area contributed by atoms with Gasteiger partial charge in [-0.15, -0.1) is 0 Å². The summed E-state index contributed by atoms with van der Waals surface area (Å²) in [7, 11) is 0. The van der Waals surface area contributed by atoms with Gasteiger partial charge in [0.25, 0.3) is 5.56 Å². The Morgan fingerprint density at radius 2 is 2.18 bits per heavy atom. The molecule has 2 N–H and O–H groups in total. The highest BCUT2D eigenvalue weighted by Crippen LogP contribution is 2.28. The first-order valence-corrected chi connectivity index (χ1v) is 7.82. The molecule has 22 heavy (non-hydrogen) atoms. The van der Waals surface area contributed by atoms with Crippen molar-refractivity contribution in [1.82, 2.24) is 15.5 Å². The van der Waals surface area contributed by atoms with Crippen molar-refractivity contribution in [2.24, 2.45) is 0 Å². The number of para-hydroxylation sites is 1. The number of nitrogens with zero attached hydrogens (tertiary/aromatic N) is 1. The van der Waals surface area contributed by atoms with E-state index < -0.39 is 0 Å². The Morgan fingerprint density at radius 1 is 1.36 bits per heavy atom. The number of nitrogens with one attached hydrogen (secondary N) is 2. The Bertz CT molecular complexity index is 692. The van der Waals surface area contributed by atoms with E-state index in [2.05, 4.69) is 22.4 Å². The number of aromatic amines is 1. The first-order valence-electron chi connectivity index (χ1n) is 7.82. The van der Waals surface area contributed by atoms with E-state index in [1.807, 2.05) is 30.3 Å². The molecule has 5 heteroatoms. The van der Waals surface area contributed by atoms with Crippen molar-refractivity contribution in [2.45, 2.75) is 38.8 Å². The summed E-state index contributed by atoms with van der Waals surface area (Å²) in [5.74, 6) is 0.796. The van der Waals surface area contributed by atoms with E-state index in [1.54, 1.807) is 0 Å². The van der Waals surface area contributed by atoms with E-state index in [9.17, 15) is 4.79 Å². The number of benzene rings is 1. The summed E-state index contributed by atoms with van der Waals surface area (Å²) in [6, 6.07) is 10.2. The first-order chi connectivity index (χ1) is 10.8. The maximum atomic E-state index is 11.9. The van der Waals surface area contributed by atoms with Gasteiger partial charge in [0, 0.05) is 23.7 Å². The van der Waals surface area contributed by atoms with Crippen LogP contribution in [0.15, 0.2) is 35.1 Å². The van der Waals surface area contributed by atoms with Gasteiger partial charge in [-0.1, -0.05) is 19.1 Å². The van der Waals surface area contributed by atoms with Crippen LogP contribution in [0, 0.1) is 0 Å². The normalized spacial score (nSPS) is 14.0. The molecule has 3 rings (SSSR count). The van der Waals surface area contributed by atoms with Gasteiger partial charge in [-0.3, -0.25) is 4.79 Å². The molecule has 0 unspecified atom stereocenters. The molecule has 0 radical (unpaired) electrons. The second-order valence-corrected chi connectivity index (χ2v) is 5.61. The van der Waals surface area contributed by atoms with Gasteiger partial charge in [-0.25, -0.2) is 5.10 Å². The fraction of sp³-hybridized carbons (Fsp3) is 0.412. The highest BCUT2D eigenvalue weighted by molar-refractivity contribution is 5.67. The minimum Gasteiger partial charge on any atom is -0.493 e. The zero-order valence-corrected chi connectivity index (χ0v) is 12.8. The topological polar surface area (TPSA) is 67.0 Å². The molecule has 0 aliphatic heterocycles. The minimum absolute atomic E-state index is 0.135. The summed E-state index contributed by atoms with van der Waals surface area (Å²) in [6.07, 6.45) is 3.34. The highest BCUT2D eigenvalue weighted by atomic mass is 16.5. The molecule has 1 saturated carbocycles. The molecule has 0 amide bonds. The number of hydrogen-bond acceptors (Lipinski definition) is 4. The number of aromatic nitrogens is 2. The molecule has 1 heterocycles. The number of rotatable bonds is 7. The lowest BCUT2D eigenvalue weighted by Gasteiger charge is -2.11. The van der Waals surface area contributed by atoms with E-state index in [0.29, 0.717) is 24.8 Å². The van der Waals surface area contributed by atoms with Gasteiger partial charge in [0.1, 0.15) is 5.75 Å². The Labute approximate surface area is 129 Å². The van der Waals surface area contributed by atoms with Gasteiger partial charge in [-0.2, -0.15) is 5.10 Å². The largest absolute Gasteiger partial charge is 0.493 e. The van der Waals surface area contributed by atoms with Crippen molar-refractivity contribution in [1.29, 1.82) is 0 Å². The summed E-state index contributed by atoms with van der Waals surface area (Å²) < 4.78 is 5.77. The van der Waals surface area contributed by atoms with Crippen LogP contribution in [-0.2, 0) is 6.54 Å². The predicted octanol–water partition coefficient (Wildman–Crippen LogP) is 2.48. The van der Waals surface area contributed by atoms with Crippen molar-refractivity contribution in [3.05, 3.63) is 46.2 Å². The molecular weight excluding hydrogens is 278 g/mol. The summed E-state index contributed by atoms with van der Waals surface area (Å²) >= 11 is 0. The quantitative estimate of drug-likeness (QED) is 0.824. The number of hydrogen-bond donors (Lipinski definition) is 2. The fourth-order valence-electron chi connectivity index (χ4n) is 2.27. The second kappa shape index (κ2) is 6.75. The first kappa shape index (κ1) is 14.8. The molecular formula is C17H21N3O2. The molecule has 1 aromatic heterocycles. The highest BCUT2D eigenvalue weighted by Gasteiger charge is 2.20. The zero-order chi connectivity index (χ0) is 15.4. The van der Waals surface area contributed by atoms with Crippen LogP contribution in [0.5, 0.6) is 5.75 Å². The van der Waals surface area contributed by atoms with Crippen LogP contribution in [0.25, 0.3) is 11.3 Å². The monoisotopic (exact) mass is 299 g/mol. The van der Waals surface area contributed by atoms with E-state index in [4.69, 9.17) is 4.74 Å². The molecule has 5 nitrogen and oxygen atoms in total. The Hall–Kier alpha value is -2.14. The molecule has 0 saturated heterocycles. The van der Waals surface area contributed by atoms with Gasteiger partial charge in [0.2, 0.25) is 0 Å². The summed E-state index contributed by atoms with van der Waals surface area (Å²) in [5.41, 5.74) is 2.21. The average Bonchev–Trinajstić information content (AvgIpc) is 3.37. The number of ether oxygens (including phenoxy) is 1. The van der Waals surface area contributed by atoms with E-state index in [-0.39, 0.29) is 5.56 Å².